The second-order valence-electron chi connectivity index (χ2n) is 7.78. The summed E-state index contributed by atoms with van der Waals surface area (Å²) in [6.45, 7) is -2.22. The molecule has 0 bridgehead atoms. The van der Waals surface area contributed by atoms with Crippen LogP contribution in [0.2, 0.25) is 0 Å². The number of pyridine rings is 1. The van der Waals surface area contributed by atoms with E-state index in [1.807, 2.05) is 6.07 Å². The molecule has 1 amide bonds. The lowest BCUT2D eigenvalue weighted by molar-refractivity contribution is 0.0946. The molecule has 32 heavy (non-hydrogen) atoms. The SMILES string of the molecule is [2H]C([2H])([2H])N(C1CC1)S(=O)(=O)c1ccc(-c2cnc(N)c(-c3ccc4c(c3)CCNC4=O)n2)nc1. The summed E-state index contributed by atoms with van der Waals surface area (Å²) in [5, 5.41) is 2.80. The van der Waals surface area contributed by atoms with Crippen LogP contribution in [-0.2, 0) is 16.4 Å². The Morgan fingerprint density at radius 2 is 2.00 bits per heavy atom. The minimum Gasteiger partial charge on any atom is -0.382 e. The summed E-state index contributed by atoms with van der Waals surface area (Å²) in [4.78, 5) is 24.8. The van der Waals surface area contributed by atoms with Crippen LogP contribution >= 0.6 is 0 Å². The number of benzene rings is 1. The smallest absolute Gasteiger partial charge is 0.251 e. The molecule has 1 aliphatic heterocycles. The minimum atomic E-state index is -4.25. The van der Waals surface area contributed by atoms with Crippen molar-refractivity contribution in [2.24, 2.45) is 0 Å². The Bertz CT molecular complexity index is 1420. The van der Waals surface area contributed by atoms with E-state index in [-0.39, 0.29) is 16.6 Å². The lowest BCUT2D eigenvalue weighted by atomic mass is 9.96. The van der Waals surface area contributed by atoms with Gasteiger partial charge in [-0.1, -0.05) is 6.07 Å². The van der Waals surface area contributed by atoms with E-state index in [0.717, 1.165) is 11.8 Å². The monoisotopic (exact) mass is 453 g/mol. The summed E-state index contributed by atoms with van der Waals surface area (Å²) >= 11 is 0. The van der Waals surface area contributed by atoms with E-state index in [0.29, 0.717) is 58.3 Å². The number of sulfonamides is 1. The standard InChI is InChI=1S/C22H22N6O3S/c1-28(15-3-4-15)32(30,31)16-5-7-18(25-11-16)19-12-26-21(23)20(27-19)14-2-6-17-13(10-14)8-9-24-22(17)29/h2,5-7,10-12,15H,3-4,8-9H2,1H3,(H2,23,26)(H,24,29)/i1D3. The molecule has 0 spiro atoms. The molecule has 1 aromatic carbocycles. The number of carbonyl (C=O) groups is 1. The number of nitrogens with two attached hydrogens (primary N) is 1. The van der Waals surface area contributed by atoms with Crippen LogP contribution in [0.4, 0.5) is 5.82 Å². The van der Waals surface area contributed by atoms with Crippen LogP contribution in [0.15, 0.2) is 47.6 Å². The highest BCUT2D eigenvalue weighted by Gasteiger charge is 2.35. The van der Waals surface area contributed by atoms with Crippen molar-refractivity contribution in [3.05, 3.63) is 53.9 Å². The van der Waals surface area contributed by atoms with Gasteiger partial charge in [-0.15, -0.1) is 0 Å². The number of aromatic nitrogens is 3. The number of carbonyl (C=O) groups excluding carboxylic acids is 1. The molecule has 164 valence electrons. The number of nitrogens with zero attached hydrogens (tertiary/aromatic N) is 4. The van der Waals surface area contributed by atoms with Crippen molar-refractivity contribution in [2.75, 3.05) is 19.3 Å². The highest BCUT2D eigenvalue weighted by Crippen LogP contribution is 2.31. The summed E-state index contributed by atoms with van der Waals surface area (Å²) in [6.07, 6.45) is 4.27. The molecule has 0 saturated heterocycles. The molecule has 3 heterocycles. The molecule has 3 N–H and O–H groups in total. The van der Waals surface area contributed by atoms with Gasteiger partial charge in [0, 0.05) is 41.0 Å². The van der Waals surface area contributed by atoms with Crippen molar-refractivity contribution >= 4 is 21.7 Å². The molecule has 1 fully saturated rings. The van der Waals surface area contributed by atoms with Gasteiger partial charge in [0.05, 0.1) is 11.9 Å². The Balaban J connectivity index is 1.47. The number of amides is 1. The third-order valence-electron chi connectivity index (χ3n) is 5.54. The minimum absolute atomic E-state index is 0.122. The molecular formula is C22H22N6O3S. The average molecular weight is 454 g/mol. The first kappa shape index (κ1) is 17.2. The van der Waals surface area contributed by atoms with Gasteiger partial charge < -0.3 is 11.1 Å². The van der Waals surface area contributed by atoms with Gasteiger partial charge in [0.2, 0.25) is 10.0 Å². The van der Waals surface area contributed by atoms with Gasteiger partial charge in [-0.2, -0.15) is 4.31 Å². The van der Waals surface area contributed by atoms with E-state index in [2.05, 4.69) is 20.3 Å². The number of fused-ring (bicyclic) bond motifs is 1. The summed E-state index contributed by atoms with van der Waals surface area (Å²) < 4.78 is 49.5. The second-order valence-corrected chi connectivity index (χ2v) is 9.59. The normalized spacial score (nSPS) is 17.8. The van der Waals surface area contributed by atoms with Gasteiger partial charge in [-0.25, -0.2) is 18.4 Å². The lowest BCUT2D eigenvalue weighted by Gasteiger charge is -2.17. The predicted molar refractivity (Wildman–Crippen MR) is 119 cm³/mol. The van der Waals surface area contributed by atoms with Crippen molar-refractivity contribution in [1.29, 1.82) is 0 Å². The molecule has 3 aromatic rings. The zero-order valence-corrected chi connectivity index (χ0v) is 17.8. The summed E-state index contributed by atoms with van der Waals surface area (Å²) in [6, 6.07) is 7.58. The van der Waals surface area contributed by atoms with Gasteiger partial charge in [-0.05, 0) is 49.1 Å². The Morgan fingerprint density at radius 1 is 1.16 bits per heavy atom. The van der Waals surface area contributed by atoms with E-state index in [1.165, 1.54) is 18.3 Å². The van der Waals surface area contributed by atoms with Crippen LogP contribution in [0.3, 0.4) is 0 Å². The van der Waals surface area contributed by atoms with Gasteiger partial charge in [-0.3, -0.25) is 9.78 Å². The summed E-state index contributed by atoms with van der Waals surface area (Å²) in [5.74, 6) is 0.0782. The third kappa shape index (κ3) is 3.61. The van der Waals surface area contributed by atoms with E-state index < -0.39 is 23.0 Å². The van der Waals surface area contributed by atoms with Crippen LogP contribution < -0.4 is 11.1 Å². The van der Waals surface area contributed by atoms with Crippen molar-refractivity contribution in [3.8, 4) is 22.6 Å². The van der Waals surface area contributed by atoms with E-state index in [9.17, 15) is 13.2 Å². The molecule has 0 radical (unpaired) electrons. The second kappa shape index (κ2) is 7.64. The number of nitrogen functional groups attached to an aromatic ring is 1. The molecule has 1 saturated carbocycles. The number of hydrogen-bond donors (Lipinski definition) is 2. The molecule has 1 aliphatic carbocycles. The summed E-state index contributed by atoms with van der Waals surface area (Å²) in [5.41, 5.74) is 9.40. The average Bonchev–Trinajstić information content (AvgIpc) is 3.63. The van der Waals surface area contributed by atoms with Crippen LogP contribution in [-0.4, -0.2) is 53.1 Å². The first-order valence-electron chi connectivity index (χ1n) is 11.6. The topological polar surface area (TPSA) is 131 Å². The maximum absolute atomic E-state index is 13.0. The van der Waals surface area contributed by atoms with Crippen LogP contribution in [0.25, 0.3) is 22.6 Å². The first-order valence-corrected chi connectivity index (χ1v) is 11.5. The Morgan fingerprint density at radius 3 is 2.72 bits per heavy atom. The highest BCUT2D eigenvalue weighted by atomic mass is 32.2. The predicted octanol–water partition coefficient (Wildman–Crippen LogP) is 1.86. The fourth-order valence-electron chi connectivity index (χ4n) is 3.61. The van der Waals surface area contributed by atoms with Crippen molar-refractivity contribution in [2.45, 2.75) is 30.2 Å². The van der Waals surface area contributed by atoms with Crippen LogP contribution in [0.1, 0.15) is 32.9 Å². The molecule has 2 aromatic heterocycles. The van der Waals surface area contributed by atoms with Crippen molar-refractivity contribution < 1.29 is 17.3 Å². The molecule has 5 rings (SSSR count). The van der Waals surface area contributed by atoms with Crippen LogP contribution in [0, 0.1) is 0 Å². The molecule has 9 nitrogen and oxygen atoms in total. The van der Waals surface area contributed by atoms with E-state index in [1.54, 1.807) is 12.1 Å². The quantitative estimate of drug-likeness (QED) is 0.603. The van der Waals surface area contributed by atoms with E-state index in [4.69, 9.17) is 9.85 Å². The Hall–Kier alpha value is -3.37. The maximum atomic E-state index is 13.0. The molecule has 10 heteroatoms. The lowest BCUT2D eigenvalue weighted by Crippen LogP contribution is -2.31. The number of nitrogens with one attached hydrogen (secondary N) is 1. The fraction of sp³-hybridized carbons (Fsp3) is 0.273. The molecule has 0 unspecified atom stereocenters. The van der Waals surface area contributed by atoms with Gasteiger partial charge >= 0.3 is 0 Å². The zero-order chi connectivity index (χ0) is 25.0. The van der Waals surface area contributed by atoms with Gasteiger partial charge in [0.25, 0.3) is 5.91 Å². The van der Waals surface area contributed by atoms with Gasteiger partial charge in [0.1, 0.15) is 22.1 Å². The number of anilines is 1. The maximum Gasteiger partial charge on any atom is 0.251 e. The highest BCUT2D eigenvalue weighted by molar-refractivity contribution is 7.89. The molecule has 2 aliphatic rings. The fourth-order valence-corrected chi connectivity index (χ4v) is 4.87. The van der Waals surface area contributed by atoms with Crippen LogP contribution in [0.5, 0.6) is 0 Å². The van der Waals surface area contributed by atoms with E-state index >= 15 is 0 Å². The number of rotatable bonds is 5. The largest absolute Gasteiger partial charge is 0.382 e. The Kier molecular flexibility index (Phi) is 4.11. The number of hydrogen-bond acceptors (Lipinski definition) is 7. The Labute approximate surface area is 190 Å². The third-order valence-corrected chi connectivity index (χ3v) is 7.19. The van der Waals surface area contributed by atoms with Crippen molar-refractivity contribution in [3.63, 3.8) is 0 Å². The van der Waals surface area contributed by atoms with Gasteiger partial charge in [0.15, 0.2) is 0 Å². The van der Waals surface area contributed by atoms with Crippen molar-refractivity contribution in [1.82, 2.24) is 24.6 Å². The first-order chi connectivity index (χ1) is 16.6. The molecular weight excluding hydrogens is 428 g/mol. The summed E-state index contributed by atoms with van der Waals surface area (Å²) in [7, 11) is -4.25. The molecule has 0 atom stereocenters. The zero-order valence-electron chi connectivity index (χ0n) is 19.9.